The summed E-state index contributed by atoms with van der Waals surface area (Å²) in [4.78, 5) is 82.3. The van der Waals surface area contributed by atoms with Gasteiger partial charge in [0.15, 0.2) is 0 Å². The van der Waals surface area contributed by atoms with E-state index in [1.165, 1.54) is 34.4 Å². The van der Waals surface area contributed by atoms with Crippen LogP contribution in [0.15, 0.2) is 141 Å². The maximum absolute atomic E-state index is 14.6. The number of halogens is 5. The molecule has 3 aliphatic heterocycles. The summed E-state index contributed by atoms with van der Waals surface area (Å²) in [5, 5.41) is 19.7. The van der Waals surface area contributed by atoms with Crippen LogP contribution in [-0.4, -0.2) is 190 Å². The zero-order chi connectivity index (χ0) is 76.2. The number of aliphatic hydroxyl groups excluding tert-OH is 1. The maximum Gasteiger partial charge on any atom is 0.501 e. The number of aliphatic hydroxyl groups is 1. The van der Waals surface area contributed by atoms with Gasteiger partial charge in [0.2, 0.25) is 30.1 Å². The molecule has 20 nitrogen and oxygen atoms in total. The molecule has 29 heteroatoms. The first kappa shape index (κ1) is 81.8. The van der Waals surface area contributed by atoms with E-state index in [2.05, 4.69) is 56.1 Å². The Hall–Kier alpha value is -7.28. The minimum Gasteiger partial charge on any atom is -0.391 e. The SMILES string of the molecule is C=C(CCC(F)F)C1=C(CN2CCN(c3ccc(C(=O)NS(=O)(=O)c4ccc(N[C@H](CCN5CCN(C(=O)CCCCCC(=O)NC(C(=O)N6C[C@H](O)C[C@H]6C(=O)N[C@@H](C)c6ccc(-c7scnc7C)cc6)C(C)(C)C)CC5)CSc5ccccc5)c(S(=O)(=O)C(F)(F)F)c4)cc3)CC2)CC(C)(C)CC1. The van der Waals surface area contributed by atoms with Gasteiger partial charge >= 0.3 is 5.51 Å². The smallest absolute Gasteiger partial charge is 0.391 e. The highest BCUT2D eigenvalue weighted by atomic mass is 32.2. The average Bonchev–Trinajstić information content (AvgIpc) is 1.75. The lowest BCUT2D eigenvalue weighted by Crippen LogP contribution is -2.57. The molecule has 105 heavy (non-hydrogen) atoms. The number of carbonyl (C=O) groups is 5. The van der Waals surface area contributed by atoms with Crippen molar-refractivity contribution in [1.29, 1.82) is 0 Å². The first-order chi connectivity index (χ1) is 49.5. The lowest BCUT2D eigenvalue weighted by Gasteiger charge is -2.40. The largest absolute Gasteiger partial charge is 0.501 e. The van der Waals surface area contributed by atoms with Crippen LogP contribution in [-0.2, 0) is 39.0 Å². The minimum atomic E-state index is -6.20. The van der Waals surface area contributed by atoms with Gasteiger partial charge in [-0.25, -0.2) is 35.3 Å². The molecule has 3 fully saturated rings. The zero-order valence-electron chi connectivity index (χ0n) is 60.8. The molecule has 0 bridgehead atoms. The van der Waals surface area contributed by atoms with E-state index in [1.807, 2.05) is 93.9 Å². The van der Waals surface area contributed by atoms with Crippen LogP contribution >= 0.6 is 23.1 Å². The van der Waals surface area contributed by atoms with Crippen LogP contribution in [0.3, 0.4) is 0 Å². The second-order valence-corrected chi connectivity index (χ2v) is 35.3. The number of hydrogen-bond acceptors (Lipinski definition) is 17. The van der Waals surface area contributed by atoms with Crippen molar-refractivity contribution in [3.8, 4) is 10.4 Å². The van der Waals surface area contributed by atoms with Crippen LogP contribution in [0.1, 0.15) is 146 Å². The number of piperazine rings is 2. The van der Waals surface area contributed by atoms with Gasteiger partial charge in [-0.3, -0.25) is 33.8 Å². The highest BCUT2D eigenvalue weighted by Gasteiger charge is 2.49. The zero-order valence-corrected chi connectivity index (χ0v) is 64.1. The molecule has 4 heterocycles. The quantitative estimate of drug-likeness (QED) is 0.0157. The van der Waals surface area contributed by atoms with Crippen molar-refractivity contribution in [3.63, 3.8) is 0 Å². The molecule has 5 atom stereocenters. The monoisotopic (exact) mass is 1530 g/mol. The van der Waals surface area contributed by atoms with Gasteiger partial charge in [0.05, 0.1) is 38.8 Å². The molecule has 9 rings (SSSR count). The Kier molecular flexibility index (Phi) is 27.7. The Morgan fingerprint density at radius 2 is 1.48 bits per heavy atom. The topological polar surface area (TPSA) is 251 Å². The highest BCUT2D eigenvalue weighted by molar-refractivity contribution is 7.99. The number of aromatic nitrogens is 1. The predicted molar refractivity (Wildman–Crippen MR) is 400 cm³/mol. The second kappa shape index (κ2) is 35.6. The number of unbranched alkanes of at least 4 members (excludes halogenated alkanes) is 2. The number of anilines is 2. The predicted octanol–water partition coefficient (Wildman–Crippen LogP) is 12.2. The molecule has 572 valence electrons. The van der Waals surface area contributed by atoms with Crippen LogP contribution in [0, 0.1) is 17.8 Å². The standard InChI is InChI=1S/C76H99F5N10O10S4/c1-50(19-30-66(77)78)62-31-33-75(7,8)45-56(62)46-88-37-39-89(40-38-88)58-26-24-55(25-27-58)71(95)86-105(100,101)61-28-29-63(65(44-61)104(98,99)76(79,80)81)84-57(48-102-60-15-11-9-12-16-60)32-34-87-35-41-90(42-36-87)68(94)18-14-10-13-17-67(93)85-70(74(4,5)6)73(97)91-47-59(92)43-64(91)72(96)83-51(2)53-20-22-54(23-21-53)69-52(3)82-49-103-69/h9,11-12,15-16,20-29,44,49,51,57,59,64,66,70,84,92H,1,10,13-14,17-19,30-43,45-48H2,2-8H3,(H,83,96)(H,85,93)(H,86,95)/t51-,57+,59+,64-,70?/m0/s1. The number of amides is 5. The summed E-state index contributed by atoms with van der Waals surface area (Å²) in [6.45, 7) is 23.2. The third kappa shape index (κ3) is 22.2. The number of hydrogen-bond donors (Lipinski definition) is 5. The fourth-order valence-corrected chi connectivity index (χ4v) is 17.7. The van der Waals surface area contributed by atoms with E-state index in [0.29, 0.717) is 90.8 Å². The molecular formula is C76H99F5N10O10S4. The Balaban J connectivity index is 0.744. The van der Waals surface area contributed by atoms with Crippen molar-refractivity contribution in [1.82, 2.24) is 39.9 Å². The molecule has 4 aromatic carbocycles. The summed E-state index contributed by atoms with van der Waals surface area (Å²) in [5.74, 6) is -2.18. The summed E-state index contributed by atoms with van der Waals surface area (Å²) in [7, 11) is -11.2. The van der Waals surface area contributed by atoms with E-state index in [1.54, 1.807) is 33.9 Å². The third-order valence-electron chi connectivity index (χ3n) is 20.1. The number of sulfonamides is 1. The maximum atomic E-state index is 14.6. The van der Waals surface area contributed by atoms with Crippen molar-refractivity contribution in [2.75, 3.05) is 88.0 Å². The molecular weight excluding hydrogens is 1440 g/mol. The average molecular weight is 1540 g/mol. The molecule has 5 aromatic rings. The summed E-state index contributed by atoms with van der Waals surface area (Å²) >= 11 is 2.92. The lowest BCUT2D eigenvalue weighted by atomic mass is 9.72. The number of aryl methyl sites for hydroxylation is 1. The molecule has 0 radical (unpaired) electrons. The number of thioether (sulfide) groups is 1. The van der Waals surface area contributed by atoms with Crippen molar-refractivity contribution >= 4 is 83.9 Å². The highest BCUT2D eigenvalue weighted by Crippen LogP contribution is 2.43. The molecule has 1 aromatic heterocycles. The summed E-state index contributed by atoms with van der Waals surface area (Å²) in [6, 6.07) is 22.4. The van der Waals surface area contributed by atoms with Gasteiger partial charge in [0.25, 0.3) is 25.8 Å². The van der Waals surface area contributed by atoms with Crippen LogP contribution < -0.4 is 25.6 Å². The number of allylic oxidation sites excluding steroid dienone is 2. The Morgan fingerprint density at radius 1 is 0.810 bits per heavy atom. The van der Waals surface area contributed by atoms with E-state index in [0.717, 1.165) is 74.8 Å². The number of carbonyl (C=O) groups excluding carboxylic acids is 5. The Bertz CT molecular complexity index is 4120. The first-order valence-electron chi connectivity index (χ1n) is 35.9. The number of thiazole rings is 1. The van der Waals surface area contributed by atoms with Gasteiger partial charge in [-0.15, -0.1) is 23.1 Å². The number of nitrogens with zero attached hydrogens (tertiary/aromatic N) is 6. The number of sulfone groups is 1. The molecule has 5 N–H and O–H groups in total. The molecule has 5 amide bonds. The third-order valence-corrected chi connectivity index (χ3v) is 25.1. The normalized spacial score (nSPS) is 18.7. The van der Waals surface area contributed by atoms with E-state index in [4.69, 9.17) is 0 Å². The van der Waals surface area contributed by atoms with Crippen molar-refractivity contribution in [2.45, 2.75) is 182 Å². The first-order valence-corrected chi connectivity index (χ1v) is 40.7. The van der Waals surface area contributed by atoms with Gasteiger partial charge in [-0.1, -0.05) is 101 Å². The fourth-order valence-electron chi connectivity index (χ4n) is 13.9. The van der Waals surface area contributed by atoms with Gasteiger partial charge < -0.3 is 35.8 Å². The lowest BCUT2D eigenvalue weighted by molar-refractivity contribution is -0.144. The van der Waals surface area contributed by atoms with E-state index in [9.17, 15) is 67.9 Å². The number of alkyl halides is 5. The second-order valence-electron chi connectivity index (χ2n) is 29.7. The van der Waals surface area contributed by atoms with Crippen LogP contribution in [0.5, 0.6) is 0 Å². The summed E-state index contributed by atoms with van der Waals surface area (Å²) in [5.41, 5.74) is 1.35. The van der Waals surface area contributed by atoms with Crippen molar-refractivity contribution in [2.24, 2.45) is 10.8 Å². The Morgan fingerprint density at radius 3 is 2.11 bits per heavy atom. The van der Waals surface area contributed by atoms with Crippen LogP contribution in [0.4, 0.5) is 33.3 Å². The van der Waals surface area contributed by atoms with Crippen molar-refractivity contribution < 1.29 is 67.9 Å². The molecule has 1 unspecified atom stereocenters. The summed E-state index contributed by atoms with van der Waals surface area (Å²) in [6.07, 6.45) is 1.40. The van der Waals surface area contributed by atoms with Gasteiger partial charge in [0, 0.05) is 126 Å². The molecule has 4 aliphatic rings. The van der Waals surface area contributed by atoms with Gasteiger partial charge in [-0.2, -0.15) is 13.2 Å². The molecule has 0 saturated carbocycles. The van der Waals surface area contributed by atoms with Crippen LogP contribution in [0.25, 0.3) is 10.4 Å². The number of nitrogens with one attached hydrogen (secondary N) is 4. The number of likely N-dealkylation sites (tertiary alicyclic amines) is 1. The van der Waals surface area contributed by atoms with E-state index >= 15 is 0 Å². The van der Waals surface area contributed by atoms with Gasteiger partial charge in [-0.05, 0) is 141 Å². The number of benzene rings is 4. The number of β-amino-alcohol motifs (C(OH)–C–C–N with tert-alkyl or cyclic N) is 1. The molecule has 3 saturated heterocycles. The van der Waals surface area contributed by atoms with E-state index in [-0.39, 0.29) is 73.6 Å². The van der Waals surface area contributed by atoms with Crippen LogP contribution in [0.2, 0.25) is 0 Å². The van der Waals surface area contributed by atoms with Gasteiger partial charge in [0.1, 0.15) is 17.0 Å². The Labute approximate surface area is 622 Å². The van der Waals surface area contributed by atoms with E-state index < -0.39 is 101 Å². The number of rotatable bonds is 31. The minimum absolute atomic E-state index is 0.0425. The fraction of sp³-hybridized carbons (Fsp3) is 0.526. The molecule has 1 aliphatic carbocycles. The molecule has 0 spiro atoms. The van der Waals surface area contributed by atoms with Crippen molar-refractivity contribution in [3.05, 3.63) is 143 Å². The summed E-state index contributed by atoms with van der Waals surface area (Å²) < 4.78 is 126.